The van der Waals surface area contributed by atoms with Gasteiger partial charge in [0.15, 0.2) is 0 Å². The molecular formula is C18H30N4O2. The summed E-state index contributed by atoms with van der Waals surface area (Å²) >= 11 is 0. The van der Waals surface area contributed by atoms with E-state index in [1.54, 1.807) is 0 Å². The van der Waals surface area contributed by atoms with Crippen LogP contribution >= 0.6 is 0 Å². The van der Waals surface area contributed by atoms with Crippen LogP contribution in [-0.4, -0.2) is 96.9 Å². The zero-order chi connectivity index (χ0) is 16.7. The van der Waals surface area contributed by atoms with Crippen LogP contribution in [0, 0.1) is 11.8 Å². The van der Waals surface area contributed by atoms with E-state index in [0.717, 1.165) is 65.1 Å². The summed E-state index contributed by atoms with van der Waals surface area (Å²) in [5, 5.41) is 0. The van der Waals surface area contributed by atoms with E-state index in [1.165, 1.54) is 6.42 Å². The third-order valence-corrected chi connectivity index (χ3v) is 6.47. The lowest BCUT2D eigenvalue weighted by molar-refractivity contribution is -0.147. The van der Waals surface area contributed by atoms with Gasteiger partial charge in [-0.1, -0.05) is 0 Å². The Hall–Kier alpha value is -1.14. The Morgan fingerprint density at radius 3 is 2.71 bits per heavy atom. The average molecular weight is 334 g/mol. The summed E-state index contributed by atoms with van der Waals surface area (Å²) in [4.78, 5) is 33.7. The first-order valence-electron chi connectivity index (χ1n) is 9.58. The zero-order valence-corrected chi connectivity index (χ0v) is 14.8. The van der Waals surface area contributed by atoms with Crippen molar-refractivity contribution in [3.63, 3.8) is 0 Å². The van der Waals surface area contributed by atoms with Crippen LogP contribution in [0.2, 0.25) is 0 Å². The molecule has 0 aromatic carbocycles. The fourth-order valence-electron chi connectivity index (χ4n) is 5.19. The molecule has 0 radical (unpaired) electrons. The minimum atomic E-state index is 0.291. The highest BCUT2D eigenvalue weighted by molar-refractivity contribution is 5.78. The Kier molecular flexibility index (Phi) is 4.52. The Bertz CT molecular complexity index is 503. The highest BCUT2D eigenvalue weighted by atomic mass is 16.2. The zero-order valence-electron chi connectivity index (χ0n) is 14.8. The van der Waals surface area contributed by atoms with Crippen molar-refractivity contribution in [1.29, 1.82) is 0 Å². The molecular weight excluding hydrogens is 304 g/mol. The third-order valence-electron chi connectivity index (χ3n) is 6.47. The highest BCUT2D eigenvalue weighted by Gasteiger charge is 2.44. The first kappa shape index (κ1) is 16.3. The second kappa shape index (κ2) is 6.64. The molecule has 0 unspecified atom stereocenters. The molecule has 2 bridgehead atoms. The van der Waals surface area contributed by atoms with Crippen LogP contribution in [0.5, 0.6) is 0 Å². The van der Waals surface area contributed by atoms with Gasteiger partial charge in [-0.25, -0.2) is 0 Å². The van der Waals surface area contributed by atoms with Gasteiger partial charge < -0.3 is 14.7 Å². The second-order valence-electron chi connectivity index (χ2n) is 8.25. The summed E-state index contributed by atoms with van der Waals surface area (Å²) in [5.41, 5.74) is 0. The molecule has 3 atom stereocenters. The van der Waals surface area contributed by atoms with E-state index in [1.807, 2.05) is 4.90 Å². The summed E-state index contributed by atoms with van der Waals surface area (Å²) < 4.78 is 0. The quantitative estimate of drug-likeness (QED) is 0.718. The van der Waals surface area contributed by atoms with Crippen molar-refractivity contribution in [2.45, 2.75) is 31.7 Å². The standard InChI is InChI=1S/C18H30N4O2/c1-19-5-7-21(8-6-19)18(24)13-20-10-14-9-15(12-20)16-3-2-4-17(23)22(16)11-14/h14-16H,2-13H2,1H3/t14-,15-,16-/m1/s1. The molecule has 4 saturated heterocycles. The molecule has 4 aliphatic rings. The number of nitrogens with zero attached hydrogens (tertiary/aromatic N) is 4. The van der Waals surface area contributed by atoms with Crippen LogP contribution in [0.4, 0.5) is 0 Å². The number of fused-ring (bicyclic) bond motifs is 4. The van der Waals surface area contributed by atoms with Gasteiger partial charge in [-0.3, -0.25) is 14.5 Å². The lowest BCUT2D eigenvalue weighted by Gasteiger charge is -2.52. The first-order valence-corrected chi connectivity index (χ1v) is 9.58. The molecule has 4 fully saturated rings. The second-order valence-corrected chi connectivity index (χ2v) is 8.25. The molecule has 24 heavy (non-hydrogen) atoms. The monoisotopic (exact) mass is 334 g/mol. The van der Waals surface area contributed by atoms with Gasteiger partial charge >= 0.3 is 0 Å². The lowest BCUT2D eigenvalue weighted by atomic mass is 9.76. The van der Waals surface area contributed by atoms with Crippen molar-refractivity contribution in [3.8, 4) is 0 Å². The molecule has 0 aliphatic carbocycles. The highest BCUT2D eigenvalue weighted by Crippen LogP contribution is 2.37. The van der Waals surface area contributed by atoms with Crippen LogP contribution in [0.15, 0.2) is 0 Å². The smallest absolute Gasteiger partial charge is 0.236 e. The number of likely N-dealkylation sites (N-methyl/N-ethyl adjacent to an activating group) is 1. The SMILES string of the molecule is CN1CCN(C(=O)CN2C[C@H]3C[C@H](C2)[C@H]2CCCC(=O)N2C3)CC1. The summed E-state index contributed by atoms with van der Waals surface area (Å²) in [6.45, 7) is 7.14. The van der Waals surface area contributed by atoms with Crippen molar-refractivity contribution < 1.29 is 9.59 Å². The lowest BCUT2D eigenvalue weighted by Crippen LogP contribution is -2.61. The number of carbonyl (C=O) groups excluding carboxylic acids is 2. The van der Waals surface area contributed by atoms with Crippen LogP contribution in [0.25, 0.3) is 0 Å². The molecule has 0 N–H and O–H groups in total. The van der Waals surface area contributed by atoms with Crippen LogP contribution in [0.1, 0.15) is 25.7 Å². The van der Waals surface area contributed by atoms with Crippen LogP contribution in [0.3, 0.4) is 0 Å². The van der Waals surface area contributed by atoms with Gasteiger partial charge in [0.05, 0.1) is 6.54 Å². The molecule has 0 saturated carbocycles. The van der Waals surface area contributed by atoms with E-state index in [9.17, 15) is 9.59 Å². The number of piperidine rings is 3. The first-order chi connectivity index (χ1) is 11.6. The predicted octanol–water partition coefficient (Wildman–Crippen LogP) is 0.0932. The van der Waals surface area contributed by atoms with Gasteiger partial charge in [0.2, 0.25) is 11.8 Å². The number of piperazine rings is 1. The maximum Gasteiger partial charge on any atom is 0.236 e. The number of amides is 2. The summed E-state index contributed by atoms with van der Waals surface area (Å²) in [7, 11) is 2.12. The molecule has 0 spiro atoms. The van der Waals surface area contributed by atoms with Gasteiger partial charge in [0.25, 0.3) is 0 Å². The van der Waals surface area contributed by atoms with Crippen LogP contribution < -0.4 is 0 Å². The summed E-state index contributed by atoms with van der Waals surface area (Å²) in [6, 6.07) is 0.434. The van der Waals surface area contributed by atoms with Gasteiger partial charge in [-0.15, -0.1) is 0 Å². The third kappa shape index (κ3) is 3.18. The molecule has 6 nitrogen and oxygen atoms in total. The van der Waals surface area contributed by atoms with Crippen molar-refractivity contribution >= 4 is 11.8 Å². The van der Waals surface area contributed by atoms with Crippen molar-refractivity contribution in [2.75, 3.05) is 59.4 Å². The topological polar surface area (TPSA) is 47.1 Å². The minimum Gasteiger partial charge on any atom is -0.339 e. The van der Waals surface area contributed by atoms with E-state index < -0.39 is 0 Å². The fourth-order valence-corrected chi connectivity index (χ4v) is 5.19. The number of likely N-dealkylation sites (tertiary alicyclic amines) is 1. The molecule has 4 heterocycles. The van der Waals surface area contributed by atoms with Crippen molar-refractivity contribution in [1.82, 2.24) is 19.6 Å². The van der Waals surface area contributed by atoms with E-state index in [2.05, 4.69) is 21.7 Å². The van der Waals surface area contributed by atoms with Gasteiger partial charge in [-0.05, 0) is 38.1 Å². The van der Waals surface area contributed by atoms with Gasteiger partial charge in [-0.2, -0.15) is 0 Å². The van der Waals surface area contributed by atoms with Crippen molar-refractivity contribution in [3.05, 3.63) is 0 Å². The van der Waals surface area contributed by atoms with Crippen molar-refractivity contribution in [2.24, 2.45) is 11.8 Å². The summed E-state index contributed by atoms with van der Waals surface area (Å²) in [6.07, 6.45) is 4.18. The largest absolute Gasteiger partial charge is 0.339 e. The average Bonchev–Trinajstić information content (AvgIpc) is 2.56. The molecule has 134 valence electrons. The number of rotatable bonds is 2. The number of hydrogen-bond donors (Lipinski definition) is 0. The molecule has 0 aromatic heterocycles. The minimum absolute atomic E-state index is 0.291. The van der Waals surface area contributed by atoms with Gasteiger partial charge in [0.1, 0.15) is 0 Å². The van der Waals surface area contributed by atoms with Crippen LogP contribution in [-0.2, 0) is 9.59 Å². The molecule has 2 amide bonds. The maximum atomic E-state index is 12.6. The predicted molar refractivity (Wildman–Crippen MR) is 91.5 cm³/mol. The van der Waals surface area contributed by atoms with E-state index in [4.69, 9.17) is 0 Å². The summed E-state index contributed by atoms with van der Waals surface area (Å²) in [5.74, 6) is 1.78. The normalized spacial score (nSPS) is 35.0. The molecule has 4 aliphatic heterocycles. The molecule has 4 rings (SSSR count). The Balaban J connectivity index is 1.35. The van der Waals surface area contributed by atoms with E-state index >= 15 is 0 Å². The number of carbonyl (C=O) groups is 2. The fraction of sp³-hybridized carbons (Fsp3) is 0.889. The Morgan fingerprint density at radius 2 is 1.92 bits per heavy atom. The molecule has 0 aromatic rings. The van der Waals surface area contributed by atoms with E-state index in [-0.39, 0.29) is 0 Å². The Morgan fingerprint density at radius 1 is 1.12 bits per heavy atom. The molecule has 6 heteroatoms. The Labute approximate surface area is 144 Å². The number of hydrogen-bond acceptors (Lipinski definition) is 4. The van der Waals surface area contributed by atoms with E-state index in [0.29, 0.717) is 36.2 Å². The maximum absolute atomic E-state index is 12.6. The van der Waals surface area contributed by atoms with Gasteiger partial charge in [0, 0.05) is 58.3 Å².